The van der Waals surface area contributed by atoms with E-state index in [4.69, 9.17) is 0 Å². The molecule has 82 valence electrons. The Morgan fingerprint density at radius 2 is 1.81 bits per heavy atom. The lowest BCUT2D eigenvalue weighted by Gasteiger charge is -2.40. The maximum Gasteiger partial charge on any atom is 0.107 e. The smallest absolute Gasteiger partial charge is 0.107 e. The molecule has 0 radical (unpaired) electrons. The third kappa shape index (κ3) is 1.15. The van der Waals surface area contributed by atoms with Gasteiger partial charge in [0.05, 0.1) is 0 Å². The lowest BCUT2D eigenvalue weighted by Crippen LogP contribution is -2.39. The molecule has 2 aromatic rings. The summed E-state index contributed by atoms with van der Waals surface area (Å²) < 4.78 is 0.931. The Morgan fingerprint density at radius 3 is 2.62 bits per heavy atom. The van der Waals surface area contributed by atoms with E-state index < -0.39 is 0 Å². The topological polar surface area (TPSA) is 0 Å². The minimum absolute atomic E-state index is 0.931. The minimum atomic E-state index is 0.931. The third-order valence-corrected chi connectivity index (χ3v) is 4.01. The van der Waals surface area contributed by atoms with Gasteiger partial charge in [-0.3, -0.25) is 0 Å². The fraction of sp³-hybridized carbons (Fsp3) is 0.267. The molecule has 0 saturated carbocycles. The van der Waals surface area contributed by atoms with Crippen LogP contribution in [0.15, 0.2) is 36.4 Å². The number of likely N-dealkylation sites (N-methyl/N-ethyl adjacent to an activating group) is 1. The Balaban J connectivity index is 2.35. The number of benzene rings is 2. The van der Waals surface area contributed by atoms with E-state index in [0.29, 0.717) is 0 Å². The van der Waals surface area contributed by atoms with Gasteiger partial charge < -0.3 is 4.48 Å². The number of fused-ring (bicyclic) bond motifs is 3. The van der Waals surface area contributed by atoms with Crippen molar-refractivity contribution in [2.24, 2.45) is 0 Å². The second kappa shape index (κ2) is 3.08. The molecule has 0 saturated heterocycles. The molecule has 1 aliphatic heterocycles. The number of hydrogen-bond donors (Lipinski definition) is 0. The molecule has 0 fully saturated rings. The van der Waals surface area contributed by atoms with Crippen LogP contribution in [0.1, 0.15) is 12.5 Å². The van der Waals surface area contributed by atoms with E-state index >= 15 is 0 Å². The summed E-state index contributed by atoms with van der Waals surface area (Å²) in [6, 6.07) is 14.7. The molecule has 0 N–H and O–H groups in total. The number of hydrogen-bond acceptors (Lipinski definition) is 0. The summed E-state index contributed by atoms with van der Waals surface area (Å²) >= 11 is 0. The van der Waals surface area contributed by atoms with Crippen LogP contribution >= 0.6 is 0 Å². The van der Waals surface area contributed by atoms with Crippen LogP contribution in [0.2, 0.25) is 0 Å². The molecule has 1 nitrogen and oxygen atoms in total. The van der Waals surface area contributed by atoms with Gasteiger partial charge in [-0.05, 0) is 28.5 Å². The van der Waals surface area contributed by atoms with Gasteiger partial charge in [-0.25, -0.2) is 0 Å². The summed E-state index contributed by atoms with van der Waals surface area (Å²) in [7, 11) is 4.55. The molecule has 1 heteroatoms. The van der Waals surface area contributed by atoms with Gasteiger partial charge in [0.25, 0.3) is 0 Å². The molecule has 0 amide bonds. The monoisotopic (exact) mass is 211 g/mol. The van der Waals surface area contributed by atoms with Crippen molar-refractivity contribution in [1.82, 2.24) is 4.48 Å². The molecule has 0 bridgehead atoms. The average molecular weight is 211 g/mol. The molecule has 0 aliphatic carbocycles. The molecular formula is C15H17N. The predicted molar refractivity (Wildman–Crippen MR) is 70.2 cm³/mol. The zero-order valence-corrected chi connectivity index (χ0v) is 10.1. The Labute approximate surface area is 96.9 Å². The lowest BCUT2D eigenvalue weighted by atomic mass is 10.0. The minimum Gasteiger partial charge on any atom is -0.424 e. The summed E-state index contributed by atoms with van der Waals surface area (Å²) in [5, 5.41) is 2.78. The molecule has 0 spiro atoms. The largest absolute Gasteiger partial charge is 0.424 e. The van der Waals surface area contributed by atoms with Gasteiger partial charge in [-0.1, -0.05) is 30.7 Å². The lowest BCUT2D eigenvalue weighted by molar-refractivity contribution is 0.434. The van der Waals surface area contributed by atoms with Crippen LogP contribution in [0.3, 0.4) is 0 Å². The molecular weight excluding hydrogens is 194 g/mol. The first-order valence-corrected chi connectivity index (χ1v) is 5.79. The fourth-order valence-corrected chi connectivity index (χ4v) is 2.69. The Hall–Kier alpha value is -1.34. The SMILES string of the molecule is C[C-]1Cc2c(ccc3ccccc23)[N+]1(C)C. The van der Waals surface area contributed by atoms with E-state index in [1.807, 2.05) is 0 Å². The second-order valence-corrected chi connectivity index (χ2v) is 5.15. The summed E-state index contributed by atoms with van der Waals surface area (Å²) in [5.74, 6) is 0. The van der Waals surface area contributed by atoms with Crippen LogP contribution in [0.4, 0.5) is 5.69 Å². The molecule has 1 heterocycles. The van der Waals surface area contributed by atoms with E-state index in [2.05, 4.69) is 57.4 Å². The van der Waals surface area contributed by atoms with Crippen molar-refractivity contribution in [2.45, 2.75) is 13.3 Å². The highest BCUT2D eigenvalue weighted by Gasteiger charge is 2.28. The highest BCUT2D eigenvalue weighted by molar-refractivity contribution is 5.91. The van der Waals surface area contributed by atoms with Gasteiger partial charge in [0, 0.05) is 14.1 Å². The van der Waals surface area contributed by atoms with Crippen molar-refractivity contribution in [1.29, 1.82) is 0 Å². The van der Waals surface area contributed by atoms with Gasteiger partial charge in [-0.15, -0.1) is 13.0 Å². The van der Waals surface area contributed by atoms with E-state index in [1.54, 1.807) is 0 Å². The highest BCUT2D eigenvalue weighted by Crippen LogP contribution is 2.43. The number of rotatable bonds is 0. The van der Waals surface area contributed by atoms with Crippen LogP contribution < -0.4 is 4.48 Å². The maximum absolute atomic E-state index is 2.29. The Kier molecular flexibility index (Phi) is 1.90. The third-order valence-electron chi connectivity index (χ3n) is 4.01. The summed E-state index contributed by atoms with van der Waals surface area (Å²) in [5.41, 5.74) is 2.97. The van der Waals surface area contributed by atoms with E-state index in [0.717, 1.165) is 10.9 Å². The van der Waals surface area contributed by atoms with Crippen LogP contribution in [0.5, 0.6) is 0 Å². The standard InChI is InChI=1S/C15H17N/c1-11-10-14-13-7-5-4-6-12(13)8-9-15(14)16(11,2)3/h4-9H,10H2,1-3H3. The second-order valence-electron chi connectivity index (χ2n) is 5.15. The van der Waals surface area contributed by atoms with E-state index in [1.165, 1.54) is 28.1 Å². The van der Waals surface area contributed by atoms with Gasteiger partial charge in [-0.2, -0.15) is 0 Å². The summed E-state index contributed by atoms with van der Waals surface area (Å²) in [4.78, 5) is 0. The van der Waals surface area contributed by atoms with Crippen molar-refractivity contribution in [3.05, 3.63) is 48.0 Å². The first-order chi connectivity index (χ1) is 7.60. The van der Waals surface area contributed by atoms with Gasteiger partial charge in [0.1, 0.15) is 5.69 Å². The van der Waals surface area contributed by atoms with E-state index in [-0.39, 0.29) is 0 Å². The van der Waals surface area contributed by atoms with Gasteiger partial charge in [0.2, 0.25) is 0 Å². The van der Waals surface area contributed by atoms with Gasteiger partial charge in [0.15, 0.2) is 0 Å². The molecule has 0 aromatic heterocycles. The van der Waals surface area contributed by atoms with Crippen LogP contribution in [0.25, 0.3) is 10.8 Å². The molecule has 0 unspecified atom stereocenters. The van der Waals surface area contributed by atoms with Crippen molar-refractivity contribution in [2.75, 3.05) is 14.1 Å². The zero-order chi connectivity index (χ0) is 11.3. The fourth-order valence-electron chi connectivity index (χ4n) is 2.69. The van der Waals surface area contributed by atoms with Crippen molar-refractivity contribution < 1.29 is 0 Å². The average Bonchev–Trinajstić information content (AvgIpc) is 2.51. The van der Waals surface area contributed by atoms with Crippen LogP contribution in [0, 0.1) is 6.04 Å². The van der Waals surface area contributed by atoms with Crippen LogP contribution in [-0.2, 0) is 6.42 Å². The zero-order valence-electron chi connectivity index (χ0n) is 10.1. The van der Waals surface area contributed by atoms with Crippen molar-refractivity contribution in [3.8, 4) is 0 Å². The van der Waals surface area contributed by atoms with Crippen LogP contribution in [-0.4, -0.2) is 14.1 Å². The first kappa shape index (κ1) is 9.86. The molecule has 16 heavy (non-hydrogen) atoms. The molecule has 0 atom stereocenters. The maximum atomic E-state index is 2.29. The molecule has 1 aliphatic rings. The quantitative estimate of drug-likeness (QED) is 0.462. The van der Waals surface area contributed by atoms with E-state index in [9.17, 15) is 0 Å². The normalized spacial score (nSPS) is 18.9. The number of quaternary nitrogens is 1. The first-order valence-electron chi connectivity index (χ1n) is 5.79. The van der Waals surface area contributed by atoms with Crippen molar-refractivity contribution in [3.63, 3.8) is 0 Å². The highest BCUT2D eigenvalue weighted by atomic mass is 15.3. The Morgan fingerprint density at radius 1 is 1.06 bits per heavy atom. The predicted octanol–water partition coefficient (Wildman–Crippen LogP) is 3.51. The summed E-state index contributed by atoms with van der Waals surface area (Å²) in [6.07, 6.45) is 1.11. The summed E-state index contributed by atoms with van der Waals surface area (Å²) in [6.45, 7) is 2.26. The van der Waals surface area contributed by atoms with Crippen molar-refractivity contribution >= 4 is 16.5 Å². The Bertz CT molecular complexity index is 554. The number of nitrogens with zero attached hydrogens (tertiary/aromatic N) is 1. The molecule has 2 aromatic carbocycles. The van der Waals surface area contributed by atoms with Gasteiger partial charge >= 0.3 is 0 Å². The molecule has 3 rings (SSSR count).